The molecule has 0 fully saturated rings. The maximum atomic E-state index is 5.71. The van der Waals surface area contributed by atoms with Crippen molar-refractivity contribution < 1.29 is 4.74 Å². The molecule has 0 aromatic heterocycles. The van der Waals surface area contributed by atoms with Crippen LogP contribution in [0.3, 0.4) is 0 Å². The Morgan fingerprint density at radius 3 is 2.54 bits per heavy atom. The first kappa shape index (κ1) is 9.81. The minimum absolute atomic E-state index is 0.0773. The van der Waals surface area contributed by atoms with Crippen molar-refractivity contribution in [2.24, 2.45) is 5.73 Å². The second kappa shape index (κ2) is 4.67. The van der Waals surface area contributed by atoms with Crippen molar-refractivity contribution in [2.75, 3.05) is 6.61 Å². The number of ether oxygens (including phenoxy) is 1. The van der Waals surface area contributed by atoms with Gasteiger partial charge in [0.05, 0.1) is 0 Å². The topological polar surface area (TPSA) is 35.2 Å². The quantitative estimate of drug-likeness (QED) is 0.716. The summed E-state index contributed by atoms with van der Waals surface area (Å²) in [6, 6.07) is 7.87. The lowest BCUT2D eigenvalue weighted by molar-refractivity contribution is 0.363. The molecule has 0 aliphatic heterocycles. The Balaban J connectivity index is 2.64. The van der Waals surface area contributed by atoms with Gasteiger partial charge in [0.25, 0.3) is 0 Å². The Morgan fingerprint density at radius 2 is 2.08 bits per heavy atom. The SMILES string of the molecule is C=CCOc1ccc([C@@H](C)N)cc1. The molecule has 1 rings (SSSR count). The maximum Gasteiger partial charge on any atom is 0.119 e. The number of benzene rings is 1. The van der Waals surface area contributed by atoms with Gasteiger partial charge in [-0.1, -0.05) is 24.8 Å². The fraction of sp³-hybridized carbons (Fsp3) is 0.273. The number of hydrogen-bond acceptors (Lipinski definition) is 2. The van der Waals surface area contributed by atoms with Crippen molar-refractivity contribution in [2.45, 2.75) is 13.0 Å². The highest BCUT2D eigenvalue weighted by Gasteiger charge is 1.98. The molecule has 13 heavy (non-hydrogen) atoms. The number of nitrogens with two attached hydrogens (primary N) is 1. The Labute approximate surface area is 79.0 Å². The van der Waals surface area contributed by atoms with E-state index in [1.165, 1.54) is 0 Å². The average Bonchev–Trinajstić information content (AvgIpc) is 2.15. The molecule has 1 aromatic carbocycles. The molecule has 1 aromatic rings. The predicted octanol–water partition coefficient (Wildman–Crippen LogP) is 2.27. The van der Waals surface area contributed by atoms with Gasteiger partial charge in [0, 0.05) is 6.04 Å². The smallest absolute Gasteiger partial charge is 0.119 e. The van der Waals surface area contributed by atoms with Crippen LogP contribution in [0.2, 0.25) is 0 Å². The van der Waals surface area contributed by atoms with E-state index < -0.39 is 0 Å². The summed E-state index contributed by atoms with van der Waals surface area (Å²) in [4.78, 5) is 0. The van der Waals surface area contributed by atoms with Gasteiger partial charge in [-0.2, -0.15) is 0 Å². The third-order valence-corrected chi connectivity index (χ3v) is 1.77. The molecule has 0 amide bonds. The monoisotopic (exact) mass is 177 g/mol. The molecule has 0 saturated heterocycles. The molecule has 0 aliphatic carbocycles. The molecule has 0 saturated carbocycles. The Morgan fingerprint density at radius 1 is 1.46 bits per heavy atom. The van der Waals surface area contributed by atoms with Gasteiger partial charge in [-0.25, -0.2) is 0 Å². The van der Waals surface area contributed by atoms with Crippen LogP contribution in [-0.4, -0.2) is 6.61 Å². The van der Waals surface area contributed by atoms with Crippen LogP contribution < -0.4 is 10.5 Å². The molecule has 1 atom stereocenters. The Bertz CT molecular complexity index is 264. The minimum atomic E-state index is 0.0773. The second-order valence-corrected chi connectivity index (χ2v) is 2.96. The molecule has 0 unspecified atom stereocenters. The summed E-state index contributed by atoms with van der Waals surface area (Å²) >= 11 is 0. The molecular formula is C11H15NO. The maximum absolute atomic E-state index is 5.71. The zero-order chi connectivity index (χ0) is 9.68. The first-order valence-electron chi connectivity index (χ1n) is 4.33. The van der Waals surface area contributed by atoms with Gasteiger partial charge < -0.3 is 10.5 Å². The fourth-order valence-corrected chi connectivity index (χ4v) is 1.02. The summed E-state index contributed by atoms with van der Waals surface area (Å²) in [5, 5.41) is 0. The molecule has 2 heteroatoms. The highest BCUT2D eigenvalue weighted by atomic mass is 16.5. The highest BCUT2D eigenvalue weighted by Crippen LogP contribution is 2.15. The van der Waals surface area contributed by atoms with Gasteiger partial charge in [-0.05, 0) is 24.6 Å². The lowest BCUT2D eigenvalue weighted by Gasteiger charge is -2.07. The van der Waals surface area contributed by atoms with Crippen molar-refractivity contribution in [3.05, 3.63) is 42.5 Å². The van der Waals surface area contributed by atoms with E-state index in [4.69, 9.17) is 10.5 Å². The van der Waals surface area contributed by atoms with E-state index in [9.17, 15) is 0 Å². The minimum Gasteiger partial charge on any atom is -0.490 e. The highest BCUT2D eigenvalue weighted by molar-refractivity contribution is 5.28. The van der Waals surface area contributed by atoms with E-state index in [0.29, 0.717) is 6.61 Å². The molecule has 0 spiro atoms. The van der Waals surface area contributed by atoms with Gasteiger partial charge in [-0.15, -0.1) is 0 Å². The first-order chi connectivity index (χ1) is 6.24. The van der Waals surface area contributed by atoms with Crippen molar-refractivity contribution in [3.8, 4) is 5.75 Å². The Kier molecular flexibility index (Phi) is 3.53. The standard InChI is InChI=1S/C11H15NO/c1-3-8-13-11-6-4-10(5-7-11)9(2)12/h3-7,9H,1,8,12H2,2H3/t9-/m1/s1. The van der Waals surface area contributed by atoms with Crippen molar-refractivity contribution in [1.82, 2.24) is 0 Å². The van der Waals surface area contributed by atoms with E-state index in [-0.39, 0.29) is 6.04 Å². The lowest BCUT2D eigenvalue weighted by Crippen LogP contribution is -2.04. The van der Waals surface area contributed by atoms with Crippen molar-refractivity contribution in [1.29, 1.82) is 0 Å². The van der Waals surface area contributed by atoms with Crippen LogP contribution in [0, 0.1) is 0 Å². The van der Waals surface area contributed by atoms with Gasteiger partial charge in [-0.3, -0.25) is 0 Å². The van der Waals surface area contributed by atoms with Crippen LogP contribution in [0.1, 0.15) is 18.5 Å². The fourth-order valence-electron chi connectivity index (χ4n) is 1.02. The second-order valence-electron chi connectivity index (χ2n) is 2.96. The lowest BCUT2D eigenvalue weighted by atomic mass is 10.1. The van der Waals surface area contributed by atoms with Crippen LogP contribution in [0.4, 0.5) is 0 Å². The Hall–Kier alpha value is -1.28. The zero-order valence-corrected chi connectivity index (χ0v) is 7.86. The summed E-state index contributed by atoms with van der Waals surface area (Å²) in [7, 11) is 0. The van der Waals surface area contributed by atoms with Gasteiger partial charge in [0.2, 0.25) is 0 Å². The molecule has 0 bridgehead atoms. The zero-order valence-electron chi connectivity index (χ0n) is 7.86. The van der Waals surface area contributed by atoms with Crippen LogP contribution in [0.15, 0.2) is 36.9 Å². The summed E-state index contributed by atoms with van der Waals surface area (Å²) in [6.07, 6.45) is 1.72. The van der Waals surface area contributed by atoms with Crippen LogP contribution in [0.25, 0.3) is 0 Å². The van der Waals surface area contributed by atoms with Gasteiger partial charge in [0.15, 0.2) is 0 Å². The first-order valence-corrected chi connectivity index (χ1v) is 4.33. The molecule has 70 valence electrons. The van der Waals surface area contributed by atoms with E-state index in [2.05, 4.69) is 6.58 Å². The van der Waals surface area contributed by atoms with Gasteiger partial charge in [0.1, 0.15) is 12.4 Å². The van der Waals surface area contributed by atoms with Crippen LogP contribution in [0.5, 0.6) is 5.75 Å². The van der Waals surface area contributed by atoms with E-state index in [1.807, 2.05) is 31.2 Å². The normalized spacial score (nSPS) is 12.2. The molecule has 0 aliphatic rings. The van der Waals surface area contributed by atoms with E-state index in [1.54, 1.807) is 6.08 Å². The summed E-state index contributed by atoms with van der Waals surface area (Å²) in [5.41, 5.74) is 6.82. The average molecular weight is 177 g/mol. The molecule has 0 radical (unpaired) electrons. The molecular weight excluding hydrogens is 162 g/mol. The van der Waals surface area contributed by atoms with E-state index in [0.717, 1.165) is 11.3 Å². The molecule has 2 N–H and O–H groups in total. The number of hydrogen-bond donors (Lipinski definition) is 1. The molecule has 0 heterocycles. The summed E-state index contributed by atoms with van der Waals surface area (Å²) in [6.45, 7) is 6.07. The van der Waals surface area contributed by atoms with Crippen LogP contribution in [-0.2, 0) is 0 Å². The summed E-state index contributed by atoms with van der Waals surface area (Å²) < 4.78 is 5.33. The summed E-state index contributed by atoms with van der Waals surface area (Å²) in [5.74, 6) is 0.851. The van der Waals surface area contributed by atoms with Gasteiger partial charge >= 0.3 is 0 Å². The largest absolute Gasteiger partial charge is 0.490 e. The van der Waals surface area contributed by atoms with Crippen molar-refractivity contribution >= 4 is 0 Å². The van der Waals surface area contributed by atoms with E-state index >= 15 is 0 Å². The predicted molar refractivity (Wildman–Crippen MR) is 54.7 cm³/mol. The van der Waals surface area contributed by atoms with Crippen LogP contribution >= 0.6 is 0 Å². The van der Waals surface area contributed by atoms with Crippen molar-refractivity contribution in [3.63, 3.8) is 0 Å². The third-order valence-electron chi connectivity index (χ3n) is 1.77. The molecule has 2 nitrogen and oxygen atoms in total. The third kappa shape index (κ3) is 2.92. The number of rotatable bonds is 4.